The van der Waals surface area contributed by atoms with Gasteiger partial charge in [-0.2, -0.15) is 0 Å². The number of methoxy groups -OCH3 is 1. The number of hydrogen-bond acceptors (Lipinski definition) is 4. The third kappa shape index (κ3) is 2.71. The third-order valence-electron chi connectivity index (χ3n) is 4.17. The van der Waals surface area contributed by atoms with Crippen molar-refractivity contribution in [3.05, 3.63) is 29.6 Å². The lowest BCUT2D eigenvalue weighted by molar-refractivity contribution is -0.134. The van der Waals surface area contributed by atoms with Gasteiger partial charge in [0.15, 0.2) is 0 Å². The van der Waals surface area contributed by atoms with Crippen LogP contribution in [0.15, 0.2) is 18.2 Å². The highest BCUT2D eigenvalue weighted by Gasteiger charge is 2.34. The van der Waals surface area contributed by atoms with E-state index >= 15 is 0 Å². The first-order valence-electron chi connectivity index (χ1n) is 7.61. The van der Waals surface area contributed by atoms with Crippen molar-refractivity contribution in [2.75, 3.05) is 20.3 Å². The molecule has 1 amide bonds. The highest BCUT2D eigenvalue weighted by molar-refractivity contribution is 5.82. The van der Waals surface area contributed by atoms with Gasteiger partial charge in [0.05, 0.1) is 23.7 Å². The van der Waals surface area contributed by atoms with Crippen LogP contribution in [0, 0.1) is 6.92 Å². The molecule has 1 aliphatic heterocycles. The fraction of sp³-hybridized carbons (Fsp3) is 0.500. The highest BCUT2D eigenvalue weighted by Crippen LogP contribution is 2.31. The number of H-pyrrole nitrogens is 1. The number of carbonyl (C=O) groups excluding carboxylic acids is 1. The van der Waals surface area contributed by atoms with Crippen molar-refractivity contribution >= 4 is 16.9 Å². The van der Waals surface area contributed by atoms with E-state index < -0.39 is 6.04 Å². The Bertz CT molecular complexity index is 682. The van der Waals surface area contributed by atoms with E-state index in [1.165, 1.54) is 5.56 Å². The highest BCUT2D eigenvalue weighted by atomic mass is 16.5. The summed E-state index contributed by atoms with van der Waals surface area (Å²) in [4.78, 5) is 22.3. The number of amides is 1. The first kappa shape index (κ1) is 15.0. The third-order valence-corrected chi connectivity index (χ3v) is 4.17. The van der Waals surface area contributed by atoms with Gasteiger partial charge in [-0.1, -0.05) is 6.07 Å². The number of hydrogen-bond donors (Lipinski definition) is 2. The molecule has 0 aliphatic carbocycles. The molecule has 1 aromatic carbocycles. The molecule has 6 nitrogen and oxygen atoms in total. The van der Waals surface area contributed by atoms with Crippen molar-refractivity contribution in [1.82, 2.24) is 14.9 Å². The molecule has 0 radical (unpaired) electrons. The minimum atomic E-state index is -0.614. The van der Waals surface area contributed by atoms with E-state index in [2.05, 4.69) is 23.0 Å². The lowest BCUT2D eigenvalue weighted by Crippen LogP contribution is -2.45. The number of imidazole rings is 1. The quantitative estimate of drug-likeness (QED) is 0.896. The van der Waals surface area contributed by atoms with Crippen molar-refractivity contribution in [3.63, 3.8) is 0 Å². The zero-order valence-corrected chi connectivity index (χ0v) is 13.0. The van der Waals surface area contributed by atoms with Crippen LogP contribution in [0.2, 0.25) is 0 Å². The molecule has 1 aliphatic rings. The van der Waals surface area contributed by atoms with E-state index in [0.717, 1.165) is 36.2 Å². The maximum Gasteiger partial charge on any atom is 0.242 e. The number of benzene rings is 1. The fourth-order valence-electron chi connectivity index (χ4n) is 3.08. The van der Waals surface area contributed by atoms with Gasteiger partial charge in [0, 0.05) is 13.7 Å². The number of nitrogens with one attached hydrogen (secondary N) is 1. The first-order chi connectivity index (χ1) is 10.6. The van der Waals surface area contributed by atoms with Crippen molar-refractivity contribution in [2.24, 2.45) is 5.73 Å². The summed E-state index contributed by atoms with van der Waals surface area (Å²) in [6, 6.07) is 5.48. The van der Waals surface area contributed by atoms with E-state index in [4.69, 9.17) is 10.5 Å². The number of likely N-dealkylation sites (tertiary alicyclic amines) is 1. The molecule has 0 spiro atoms. The van der Waals surface area contributed by atoms with E-state index in [0.29, 0.717) is 0 Å². The van der Waals surface area contributed by atoms with Crippen molar-refractivity contribution in [2.45, 2.75) is 31.8 Å². The first-order valence-corrected chi connectivity index (χ1v) is 7.61. The Balaban J connectivity index is 1.86. The van der Waals surface area contributed by atoms with Crippen LogP contribution < -0.4 is 5.73 Å². The SMILES string of the molecule is COCC(N)C(=O)N1CCCC1c1nc2ccc(C)cc2[nH]1. The number of aromatic nitrogens is 2. The van der Waals surface area contributed by atoms with E-state index in [1.54, 1.807) is 7.11 Å². The number of rotatable bonds is 4. The molecule has 3 rings (SSSR count). The summed E-state index contributed by atoms with van der Waals surface area (Å²) >= 11 is 0. The molecule has 0 bridgehead atoms. The molecule has 22 heavy (non-hydrogen) atoms. The van der Waals surface area contributed by atoms with Crippen LogP contribution >= 0.6 is 0 Å². The minimum Gasteiger partial charge on any atom is -0.383 e. The number of aryl methyl sites for hydroxylation is 1. The average Bonchev–Trinajstić information content (AvgIpc) is 3.12. The van der Waals surface area contributed by atoms with Crippen LogP contribution in [0.4, 0.5) is 0 Å². The molecular weight excluding hydrogens is 280 g/mol. The summed E-state index contributed by atoms with van der Waals surface area (Å²) in [5, 5.41) is 0. The van der Waals surface area contributed by atoms with Crippen LogP contribution in [0.3, 0.4) is 0 Å². The zero-order valence-electron chi connectivity index (χ0n) is 13.0. The number of nitrogens with zero attached hydrogens (tertiary/aromatic N) is 2. The topological polar surface area (TPSA) is 84.2 Å². The molecule has 0 saturated carbocycles. The number of fused-ring (bicyclic) bond motifs is 1. The molecular formula is C16H22N4O2. The summed E-state index contributed by atoms with van der Waals surface area (Å²) in [5.41, 5.74) is 9.02. The maximum atomic E-state index is 12.5. The lowest BCUT2D eigenvalue weighted by Gasteiger charge is -2.25. The predicted molar refractivity (Wildman–Crippen MR) is 84.4 cm³/mol. The summed E-state index contributed by atoms with van der Waals surface area (Å²) in [7, 11) is 1.55. The van der Waals surface area contributed by atoms with Crippen molar-refractivity contribution < 1.29 is 9.53 Å². The molecule has 2 aromatic rings. The van der Waals surface area contributed by atoms with Crippen LogP contribution in [0.1, 0.15) is 30.3 Å². The van der Waals surface area contributed by atoms with Gasteiger partial charge < -0.3 is 20.4 Å². The molecule has 1 aromatic heterocycles. The Labute approximate surface area is 129 Å². The van der Waals surface area contributed by atoms with Crippen LogP contribution in [0.5, 0.6) is 0 Å². The second-order valence-corrected chi connectivity index (χ2v) is 5.89. The Morgan fingerprint density at radius 2 is 2.41 bits per heavy atom. The molecule has 1 saturated heterocycles. The summed E-state index contributed by atoms with van der Waals surface area (Å²) < 4.78 is 4.99. The summed E-state index contributed by atoms with van der Waals surface area (Å²) in [6.45, 7) is 3.01. The Hall–Kier alpha value is -1.92. The van der Waals surface area contributed by atoms with E-state index in [1.807, 2.05) is 17.0 Å². The molecule has 118 valence electrons. The van der Waals surface area contributed by atoms with Gasteiger partial charge in [0.2, 0.25) is 5.91 Å². The second-order valence-electron chi connectivity index (χ2n) is 5.89. The number of nitrogens with two attached hydrogens (primary N) is 1. The Morgan fingerprint density at radius 1 is 1.59 bits per heavy atom. The van der Waals surface area contributed by atoms with E-state index in [9.17, 15) is 4.79 Å². The second kappa shape index (κ2) is 6.06. The van der Waals surface area contributed by atoms with Gasteiger partial charge in [-0.25, -0.2) is 4.98 Å². The van der Waals surface area contributed by atoms with Crippen molar-refractivity contribution in [1.29, 1.82) is 0 Å². The normalized spacial score (nSPS) is 19.8. The molecule has 2 heterocycles. The number of ether oxygens (including phenoxy) is 1. The smallest absolute Gasteiger partial charge is 0.242 e. The molecule has 2 atom stereocenters. The largest absolute Gasteiger partial charge is 0.383 e. The van der Waals surface area contributed by atoms with Crippen LogP contribution in [-0.2, 0) is 9.53 Å². The molecule has 1 fully saturated rings. The predicted octanol–water partition coefficient (Wildman–Crippen LogP) is 1.51. The number of carbonyl (C=O) groups is 1. The molecule has 2 unspecified atom stereocenters. The van der Waals surface area contributed by atoms with Gasteiger partial charge in [-0.05, 0) is 37.5 Å². The Kier molecular flexibility index (Phi) is 4.13. The van der Waals surface area contributed by atoms with Gasteiger partial charge in [0.25, 0.3) is 0 Å². The molecule has 3 N–H and O–H groups in total. The summed E-state index contributed by atoms with van der Waals surface area (Å²) in [6.07, 6.45) is 1.87. The summed E-state index contributed by atoms with van der Waals surface area (Å²) in [5.74, 6) is 0.775. The minimum absolute atomic E-state index is 0.0249. The van der Waals surface area contributed by atoms with Crippen LogP contribution in [-0.4, -0.2) is 47.1 Å². The monoisotopic (exact) mass is 302 g/mol. The van der Waals surface area contributed by atoms with Gasteiger partial charge in [-0.3, -0.25) is 4.79 Å². The lowest BCUT2D eigenvalue weighted by atomic mass is 10.2. The van der Waals surface area contributed by atoms with Gasteiger partial charge in [0.1, 0.15) is 11.9 Å². The maximum absolute atomic E-state index is 12.5. The van der Waals surface area contributed by atoms with Gasteiger partial charge >= 0.3 is 0 Å². The van der Waals surface area contributed by atoms with Crippen molar-refractivity contribution in [3.8, 4) is 0 Å². The van der Waals surface area contributed by atoms with Crippen LogP contribution in [0.25, 0.3) is 11.0 Å². The standard InChI is InChI=1S/C16H22N4O2/c1-10-5-6-12-13(8-10)19-15(18-12)14-4-3-7-20(14)16(21)11(17)9-22-2/h5-6,8,11,14H,3-4,7,9,17H2,1-2H3,(H,18,19). The fourth-order valence-corrected chi connectivity index (χ4v) is 3.08. The average molecular weight is 302 g/mol. The van der Waals surface area contributed by atoms with Gasteiger partial charge in [-0.15, -0.1) is 0 Å². The Morgan fingerprint density at radius 3 is 3.18 bits per heavy atom. The number of aromatic amines is 1. The molecule has 6 heteroatoms. The van der Waals surface area contributed by atoms with E-state index in [-0.39, 0.29) is 18.6 Å². The zero-order chi connectivity index (χ0) is 15.7.